The van der Waals surface area contributed by atoms with Crippen molar-refractivity contribution in [3.8, 4) is 0 Å². The maximum atomic E-state index is 13.0. The minimum absolute atomic E-state index is 0.180. The Kier molecular flexibility index (Phi) is 3.98. The molecule has 118 valence electrons. The number of piperazine rings is 1. The number of aryl methyl sites for hydroxylation is 1. The Hall–Kier alpha value is -0.700. The maximum absolute atomic E-state index is 13.0. The van der Waals surface area contributed by atoms with Gasteiger partial charge in [0.1, 0.15) is 0 Å². The lowest BCUT2D eigenvalue weighted by Crippen LogP contribution is -2.63. The van der Waals surface area contributed by atoms with E-state index >= 15 is 0 Å². The summed E-state index contributed by atoms with van der Waals surface area (Å²) >= 11 is 0.801. The SMILES string of the molecule is Cc1[nH]c(=O)sc1S(=O)(=O)N1CCNCC12CCCCC2. The number of nitrogens with one attached hydrogen (secondary N) is 2. The molecule has 3 rings (SSSR count). The molecule has 21 heavy (non-hydrogen) atoms. The first-order chi connectivity index (χ1) is 9.96. The molecule has 1 saturated heterocycles. The van der Waals surface area contributed by atoms with Crippen LogP contribution in [0.4, 0.5) is 0 Å². The Morgan fingerprint density at radius 3 is 2.57 bits per heavy atom. The predicted octanol–water partition coefficient (Wildman–Crippen LogP) is 1.04. The highest BCUT2D eigenvalue weighted by atomic mass is 32.2. The molecule has 2 fully saturated rings. The van der Waals surface area contributed by atoms with Gasteiger partial charge in [-0.2, -0.15) is 4.31 Å². The lowest BCUT2D eigenvalue weighted by Gasteiger charge is -2.48. The van der Waals surface area contributed by atoms with E-state index in [4.69, 9.17) is 0 Å². The molecule has 0 bridgehead atoms. The zero-order valence-electron chi connectivity index (χ0n) is 12.1. The average Bonchev–Trinajstić information content (AvgIpc) is 2.80. The van der Waals surface area contributed by atoms with Crippen molar-refractivity contribution in [2.24, 2.45) is 0 Å². The smallest absolute Gasteiger partial charge is 0.305 e. The van der Waals surface area contributed by atoms with E-state index in [2.05, 4.69) is 10.3 Å². The van der Waals surface area contributed by atoms with Crippen LogP contribution >= 0.6 is 11.3 Å². The molecule has 6 nitrogen and oxygen atoms in total. The van der Waals surface area contributed by atoms with E-state index in [1.807, 2.05) is 0 Å². The molecule has 1 aromatic rings. The number of thiazole rings is 1. The predicted molar refractivity (Wildman–Crippen MR) is 82.3 cm³/mol. The van der Waals surface area contributed by atoms with E-state index in [-0.39, 0.29) is 14.6 Å². The van der Waals surface area contributed by atoms with Gasteiger partial charge in [0.15, 0.2) is 4.21 Å². The van der Waals surface area contributed by atoms with E-state index < -0.39 is 10.0 Å². The minimum atomic E-state index is -3.60. The number of H-pyrrole nitrogens is 1. The second kappa shape index (κ2) is 5.49. The van der Waals surface area contributed by atoms with Gasteiger partial charge in [-0.25, -0.2) is 8.42 Å². The van der Waals surface area contributed by atoms with Crippen molar-refractivity contribution in [1.82, 2.24) is 14.6 Å². The van der Waals surface area contributed by atoms with Gasteiger partial charge in [0, 0.05) is 30.9 Å². The first-order valence-corrected chi connectivity index (χ1v) is 9.65. The number of rotatable bonds is 2. The van der Waals surface area contributed by atoms with Crippen LogP contribution in [0.1, 0.15) is 37.8 Å². The highest BCUT2D eigenvalue weighted by Gasteiger charge is 2.47. The number of aromatic nitrogens is 1. The van der Waals surface area contributed by atoms with E-state index in [0.717, 1.165) is 37.0 Å². The fourth-order valence-corrected chi connectivity index (χ4v) is 6.80. The van der Waals surface area contributed by atoms with Crippen LogP contribution < -0.4 is 10.2 Å². The van der Waals surface area contributed by atoms with Crippen LogP contribution in [-0.2, 0) is 10.0 Å². The Balaban J connectivity index is 2.03. The van der Waals surface area contributed by atoms with Crippen LogP contribution in [-0.4, -0.2) is 42.9 Å². The standard InChI is InChI=1S/C13H21N3O3S2/c1-10-11(20-12(17)15-10)21(18,19)16-8-7-14-9-13(16)5-3-2-4-6-13/h14H,2-9H2,1H3,(H,15,17). The summed E-state index contributed by atoms with van der Waals surface area (Å²) in [5, 5.41) is 3.35. The number of sulfonamides is 1. The summed E-state index contributed by atoms with van der Waals surface area (Å²) < 4.78 is 27.9. The first kappa shape index (κ1) is 15.2. The average molecular weight is 331 g/mol. The van der Waals surface area contributed by atoms with Gasteiger partial charge in [0.2, 0.25) is 0 Å². The summed E-state index contributed by atoms with van der Waals surface area (Å²) in [6.45, 7) is 3.51. The van der Waals surface area contributed by atoms with Crippen LogP contribution in [0.25, 0.3) is 0 Å². The Morgan fingerprint density at radius 1 is 1.24 bits per heavy atom. The van der Waals surface area contributed by atoms with E-state index in [9.17, 15) is 13.2 Å². The van der Waals surface area contributed by atoms with E-state index in [0.29, 0.717) is 25.3 Å². The molecule has 2 aliphatic rings. The molecule has 1 spiro atoms. The summed E-state index contributed by atoms with van der Waals surface area (Å²) in [5.41, 5.74) is 0.143. The van der Waals surface area contributed by atoms with Crippen molar-refractivity contribution >= 4 is 21.4 Å². The molecule has 8 heteroatoms. The van der Waals surface area contributed by atoms with Crippen molar-refractivity contribution in [1.29, 1.82) is 0 Å². The van der Waals surface area contributed by atoms with Crippen LogP contribution in [0.3, 0.4) is 0 Å². The quantitative estimate of drug-likeness (QED) is 0.848. The summed E-state index contributed by atoms with van der Waals surface area (Å²) in [7, 11) is -3.60. The van der Waals surface area contributed by atoms with Crippen molar-refractivity contribution < 1.29 is 8.42 Å². The Bertz CT molecular complexity index is 663. The topological polar surface area (TPSA) is 82.3 Å². The second-order valence-electron chi connectivity index (χ2n) is 5.97. The molecule has 1 aliphatic heterocycles. The number of hydrogen-bond acceptors (Lipinski definition) is 5. The fraction of sp³-hybridized carbons (Fsp3) is 0.769. The van der Waals surface area contributed by atoms with E-state index in [1.165, 1.54) is 6.42 Å². The molecular formula is C13H21N3O3S2. The van der Waals surface area contributed by atoms with Gasteiger partial charge in [-0.3, -0.25) is 4.79 Å². The first-order valence-electron chi connectivity index (χ1n) is 7.39. The summed E-state index contributed by atoms with van der Waals surface area (Å²) in [6, 6.07) is 0. The monoisotopic (exact) mass is 331 g/mol. The summed E-state index contributed by atoms with van der Waals surface area (Å²) in [6.07, 6.45) is 5.10. The molecule has 0 aromatic carbocycles. The third-order valence-corrected chi connectivity index (χ3v) is 8.15. The van der Waals surface area contributed by atoms with Gasteiger partial charge >= 0.3 is 4.87 Å². The molecule has 1 aromatic heterocycles. The molecule has 0 amide bonds. The number of nitrogens with zero attached hydrogens (tertiary/aromatic N) is 1. The van der Waals surface area contributed by atoms with Crippen molar-refractivity contribution in [3.05, 3.63) is 15.4 Å². The van der Waals surface area contributed by atoms with Crippen LogP contribution in [0.15, 0.2) is 9.00 Å². The lowest BCUT2D eigenvalue weighted by molar-refractivity contribution is 0.101. The molecule has 2 heterocycles. The van der Waals surface area contributed by atoms with Crippen LogP contribution in [0.2, 0.25) is 0 Å². The van der Waals surface area contributed by atoms with Gasteiger partial charge in [-0.15, -0.1) is 0 Å². The Morgan fingerprint density at radius 2 is 1.95 bits per heavy atom. The largest absolute Gasteiger partial charge is 0.315 e. The van der Waals surface area contributed by atoms with Gasteiger partial charge in [-0.1, -0.05) is 30.6 Å². The van der Waals surface area contributed by atoms with Crippen molar-refractivity contribution in [2.75, 3.05) is 19.6 Å². The second-order valence-corrected chi connectivity index (χ2v) is 9.01. The number of aromatic amines is 1. The third kappa shape index (κ3) is 2.58. The fourth-order valence-electron chi connectivity index (χ4n) is 3.57. The third-order valence-electron chi connectivity index (χ3n) is 4.56. The minimum Gasteiger partial charge on any atom is -0.315 e. The highest BCUT2D eigenvalue weighted by molar-refractivity contribution is 7.91. The molecule has 0 unspecified atom stereocenters. The molecular weight excluding hydrogens is 310 g/mol. The van der Waals surface area contributed by atoms with Gasteiger partial charge in [-0.05, 0) is 19.8 Å². The molecule has 0 atom stereocenters. The lowest BCUT2D eigenvalue weighted by atomic mass is 9.80. The van der Waals surface area contributed by atoms with Gasteiger partial charge in [0.25, 0.3) is 10.0 Å². The highest BCUT2D eigenvalue weighted by Crippen LogP contribution is 2.38. The maximum Gasteiger partial charge on any atom is 0.305 e. The Labute approximate surface area is 128 Å². The van der Waals surface area contributed by atoms with Gasteiger partial charge < -0.3 is 10.3 Å². The molecule has 2 N–H and O–H groups in total. The van der Waals surface area contributed by atoms with E-state index in [1.54, 1.807) is 11.2 Å². The molecule has 0 radical (unpaired) electrons. The molecule has 1 saturated carbocycles. The van der Waals surface area contributed by atoms with Crippen molar-refractivity contribution in [2.45, 2.75) is 48.8 Å². The number of hydrogen-bond donors (Lipinski definition) is 2. The zero-order chi connectivity index (χ0) is 15.1. The van der Waals surface area contributed by atoms with Crippen molar-refractivity contribution in [3.63, 3.8) is 0 Å². The zero-order valence-corrected chi connectivity index (χ0v) is 13.8. The van der Waals surface area contributed by atoms with Crippen LogP contribution in [0.5, 0.6) is 0 Å². The summed E-state index contributed by atoms with van der Waals surface area (Å²) in [4.78, 5) is 13.8. The van der Waals surface area contributed by atoms with Gasteiger partial charge in [0.05, 0.1) is 0 Å². The summed E-state index contributed by atoms with van der Waals surface area (Å²) in [5.74, 6) is 0. The van der Waals surface area contributed by atoms with Crippen LogP contribution in [0, 0.1) is 6.92 Å². The molecule has 1 aliphatic carbocycles. The normalized spacial score (nSPS) is 23.5.